The van der Waals surface area contributed by atoms with E-state index >= 15 is 0 Å². The number of hydrogen-bond acceptors (Lipinski definition) is 6. The van der Waals surface area contributed by atoms with Gasteiger partial charge in [-0.3, -0.25) is 9.69 Å². The first-order chi connectivity index (χ1) is 14.8. The standard InChI is InChI=1S/C24H30N4O3/c1-14-9-23(10-15(2)20(14)30-3)11-17-5-4-16(12-25)8-19(17)24(23)21(29)28(22(26)27-24)13-18-6-7-31-18/h4-5,8,14-15,18,20H,6-7,9-11,13H2,1-3H3,(H2,26,27)/t14-,15+,18?,20+,23+,24-/m1/s1. The van der Waals surface area contributed by atoms with E-state index < -0.39 is 5.54 Å². The number of guanidine groups is 1. The average Bonchev–Trinajstić information content (AvgIpc) is 3.10. The quantitative estimate of drug-likeness (QED) is 0.806. The predicted octanol–water partition coefficient (Wildman–Crippen LogP) is 2.32. The molecule has 31 heavy (non-hydrogen) atoms. The Labute approximate surface area is 183 Å². The number of amides is 1. The third-order valence-electron chi connectivity index (χ3n) is 8.04. The van der Waals surface area contributed by atoms with Gasteiger partial charge in [-0.1, -0.05) is 19.9 Å². The lowest BCUT2D eigenvalue weighted by Crippen LogP contribution is -2.56. The minimum atomic E-state index is -1.08. The van der Waals surface area contributed by atoms with Crippen LogP contribution in [0.1, 0.15) is 49.8 Å². The second-order valence-electron chi connectivity index (χ2n) is 9.88. The number of carbonyl (C=O) groups excluding carboxylic acids is 1. The SMILES string of the molecule is CO[C@H]1[C@H](C)C[C@@]2(Cc3ccc(C#N)cc3[C@]23N=C(N)N(CC2CCO2)C3=O)C[C@@H]1C. The normalized spacial score (nSPS) is 38.8. The minimum absolute atomic E-state index is 0.0113. The number of benzene rings is 1. The monoisotopic (exact) mass is 422 g/mol. The Morgan fingerprint density at radius 2 is 2.06 bits per heavy atom. The maximum absolute atomic E-state index is 14.2. The van der Waals surface area contributed by atoms with Gasteiger partial charge in [0, 0.05) is 19.1 Å². The lowest BCUT2D eigenvalue weighted by molar-refractivity contribution is -0.145. The van der Waals surface area contributed by atoms with Crippen molar-refractivity contribution in [2.45, 2.75) is 57.3 Å². The Bertz CT molecular complexity index is 983. The van der Waals surface area contributed by atoms with Crippen LogP contribution >= 0.6 is 0 Å². The van der Waals surface area contributed by atoms with Crippen LogP contribution in [0.15, 0.2) is 23.2 Å². The van der Waals surface area contributed by atoms with E-state index in [9.17, 15) is 10.1 Å². The summed E-state index contributed by atoms with van der Waals surface area (Å²) in [6.07, 6.45) is 3.49. The van der Waals surface area contributed by atoms with Crippen LogP contribution in [0, 0.1) is 28.6 Å². The minimum Gasteiger partial charge on any atom is -0.381 e. The van der Waals surface area contributed by atoms with E-state index in [1.54, 1.807) is 12.0 Å². The molecule has 2 fully saturated rings. The second kappa shape index (κ2) is 7.04. The van der Waals surface area contributed by atoms with Crippen molar-refractivity contribution in [1.82, 2.24) is 4.90 Å². The van der Waals surface area contributed by atoms with Gasteiger partial charge in [0.2, 0.25) is 0 Å². The smallest absolute Gasteiger partial charge is 0.262 e. The van der Waals surface area contributed by atoms with Crippen molar-refractivity contribution in [2.24, 2.45) is 28.0 Å². The molecule has 4 aliphatic rings. The summed E-state index contributed by atoms with van der Waals surface area (Å²) in [6.45, 7) is 5.57. The van der Waals surface area contributed by atoms with Gasteiger partial charge in [-0.2, -0.15) is 5.26 Å². The maximum atomic E-state index is 14.2. The van der Waals surface area contributed by atoms with E-state index in [2.05, 4.69) is 19.9 Å². The molecular formula is C24H30N4O3. The van der Waals surface area contributed by atoms with Gasteiger partial charge >= 0.3 is 0 Å². The molecule has 5 rings (SSSR count). The molecule has 1 saturated heterocycles. The number of nitrogens with two attached hydrogens (primary N) is 1. The van der Waals surface area contributed by atoms with Crippen molar-refractivity contribution in [2.75, 3.05) is 20.3 Å². The summed E-state index contributed by atoms with van der Waals surface area (Å²) in [6, 6.07) is 7.93. The van der Waals surface area contributed by atoms with Crippen molar-refractivity contribution in [3.05, 3.63) is 34.9 Å². The highest BCUT2D eigenvalue weighted by Crippen LogP contribution is 2.63. The topological polar surface area (TPSA) is 101 Å². The highest BCUT2D eigenvalue weighted by molar-refractivity contribution is 6.08. The van der Waals surface area contributed by atoms with Crippen molar-refractivity contribution in [3.63, 3.8) is 0 Å². The van der Waals surface area contributed by atoms with Crippen LogP contribution in [-0.2, 0) is 26.2 Å². The molecule has 1 unspecified atom stereocenters. The van der Waals surface area contributed by atoms with Gasteiger partial charge in [-0.05, 0) is 60.8 Å². The summed E-state index contributed by atoms with van der Waals surface area (Å²) in [5.74, 6) is 0.765. The van der Waals surface area contributed by atoms with Crippen LogP contribution < -0.4 is 5.73 Å². The maximum Gasteiger partial charge on any atom is 0.262 e. The molecule has 2 heterocycles. The van der Waals surface area contributed by atoms with Crippen LogP contribution in [0.5, 0.6) is 0 Å². The van der Waals surface area contributed by atoms with Crippen molar-refractivity contribution < 1.29 is 14.3 Å². The lowest BCUT2D eigenvalue weighted by Gasteiger charge is -2.50. The van der Waals surface area contributed by atoms with E-state index in [0.717, 1.165) is 43.4 Å². The van der Waals surface area contributed by atoms with Crippen LogP contribution in [0.3, 0.4) is 0 Å². The summed E-state index contributed by atoms with van der Waals surface area (Å²) in [5.41, 5.74) is 7.44. The molecule has 0 bridgehead atoms. The molecule has 2 aliphatic heterocycles. The number of ether oxygens (including phenoxy) is 2. The van der Waals surface area contributed by atoms with E-state index in [-0.39, 0.29) is 41.3 Å². The zero-order valence-corrected chi connectivity index (χ0v) is 18.4. The van der Waals surface area contributed by atoms with Crippen LogP contribution in [0.25, 0.3) is 0 Å². The molecule has 1 aromatic rings. The number of methoxy groups -OCH3 is 1. The largest absolute Gasteiger partial charge is 0.381 e. The van der Waals surface area contributed by atoms with Gasteiger partial charge in [0.25, 0.3) is 5.91 Å². The van der Waals surface area contributed by atoms with Crippen molar-refractivity contribution in [3.8, 4) is 6.07 Å². The fourth-order valence-electron chi connectivity index (χ4n) is 6.84. The number of nitriles is 1. The van der Waals surface area contributed by atoms with Crippen molar-refractivity contribution >= 4 is 11.9 Å². The summed E-state index contributed by atoms with van der Waals surface area (Å²) in [5, 5.41) is 9.54. The first-order valence-electron chi connectivity index (χ1n) is 11.2. The summed E-state index contributed by atoms with van der Waals surface area (Å²) >= 11 is 0. The number of hydrogen-bond donors (Lipinski definition) is 1. The molecular weight excluding hydrogens is 392 g/mol. The number of rotatable bonds is 3. The number of aliphatic imine (C=N–C) groups is 1. The van der Waals surface area contributed by atoms with Crippen LogP contribution in [-0.4, -0.2) is 49.2 Å². The molecule has 6 atom stereocenters. The van der Waals surface area contributed by atoms with E-state index in [1.807, 2.05) is 18.2 Å². The summed E-state index contributed by atoms with van der Waals surface area (Å²) < 4.78 is 11.4. The zero-order chi connectivity index (χ0) is 22.0. The molecule has 0 aromatic heterocycles. The molecule has 164 valence electrons. The molecule has 7 nitrogen and oxygen atoms in total. The van der Waals surface area contributed by atoms with Gasteiger partial charge in [0.1, 0.15) is 0 Å². The van der Waals surface area contributed by atoms with E-state index in [1.165, 1.54) is 0 Å². The molecule has 0 radical (unpaired) electrons. The molecule has 2 aliphatic carbocycles. The molecule has 2 spiro atoms. The number of nitrogens with zero attached hydrogens (tertiary/aromatic N) is 3. The van der Waals surface area contributed by atoms with Crippen LogP contribution in [0.4, 0.5) is 0 Å². The Balaban J connectivity index is 1.65. The van der Waals surface area contributed by atoms with Gasteiger partial charge < -0.3 is 15.2 Å². The molecule has 1 amide bonds. The Kier molecular flexibility index (Phi) is 4.65. The summed E-state index contributed by atoms with van der Waals surface area (Å²) in [4.78, 5) is 20.8. The van der Waals surface area contributed by atoms with Crippen LogP contribution in [0.2, 0.25) is 0 Å². The first kappa shape index (κ1) is 20.5. The average molecular weight is 423 g/mol. The number of carbonyl (C=O) groups is 1. The Morgan fingerprint density at radius 1 is 1.35 bits per heavy atom. The Morgan fingerprint density at radius 3 is 2.65 bits per heavy atom. The molecule has 7 heteroatoms. The number of fused-ring (bicyclic) bond motifs is 3. The highest BCUT2D eigenvalue weighted by Gasteiger charge is 2.68. The first-order valence-corrected chi connectivity index (χ1v) is 11.2. The Hall–Kier alpha value is -2.43. The molecule has 1 aromatic carbocycles. The summed E-state index contributed by atoms with van der Waals surface area (Å²) in [7, 11) is 1.77. The predicted molar refractivity (Wildman–Crippen MR) is 115 cm³/mol. The second-order valence-corrected chi connectivity index (χ2v) is 9.88. The lowest BCUT2D eigenvalue weighted by atomic mass is 9.56. The van der Waals surface area contributed by atoms with E-state index in [4.69, 9.17) is 20.2 Å². The highest BCUT2D eigenvalue weighted by atomic mass is 16.5. The zero-order valence-electron chi connectivity index (χ0n) is 18.4. The molecule has 1 saturated carbocycles. The fourth-order valence-corrected chi connectivity index (χ4v) is 6.84. The van der Waals surface area contributed by atoms with Crippen molar-refractivity contribution in [1.29, 1.82) is 5.26 Å². The van der Waals surface area contributed by atoms with Gasteiger partial charge in [0.15, 0.2) is 11.5 Å². The van der Waals surface area contributed by atoms with Gasteiger partial charge in [0.05, 0.1) is 30.4 Å². The van der Waals surface area contributed by atoms with Gasteiger partial charge in [-0.15, -0.1) is 0 Å². The third-order valence-corrected chi connectivity index (χ3v) is 8.04. The molecule has 2 N–H and O–H groups in total. The van der Waals surface area contributed by atoms with Gasteiger partial charge in [-0.25, -0.2) is 4.99 Å². The van der Waals surface area contributed by atoms with E-state index in [0.29, 0.717) is 12.1 Å². The fraction of sp³-hybridized carbons (Fsp3) is 0.625. The third kappa shape index (κ3) is 2.71.